The molecule has 0 radical (unpaired) electrons. The van der Waals surface area contributed by atoms with Gasteiger partial charge in [-0.3, -0.25) is 9.59 Å². The largest absolute Gasteiger partial charge is 0.480 e. The summed E-state index contributed by atoms with van der Waals surface area (Å²) < 4.78 is 0. The van der Waals surface area contributed by atoms with Crippen LogP contribution in [0.5, 0.6) is 0 Å². The number of fused-ring (bicyclic) bond motifs is 1. The van der Waals surface area contributed by atoms with Crippen molar-refractivity contribution in [3.63, 3.8) is 0 Å². The van der Waals surface area contributed by atoms with Crippen LogP contribution in [0, 0.1) is 11.8 Å². The van der Waals surface area contributed by atoms with Crippen molar-refractivity contribution in [2.24, 2.45) is 11.8 Å². The lowest BCUT2D eigenvalue weighted by atomic mass is 10.0. The van der Waals surface area contributed by atoms with Crippen LogP contribution in [-0.4, -0.2) is 45.7 Å². The zero-order valence-corrected chi connectivity index (χ0v) is 17.1. The Morgan fingerprint density at radius 2 is 1.79 bits per heavy atom. The number of aromatic amines is 1. The summed E-state index contributed by atoms with van der Waals surface area (Å²) in [7, 11) is 0. The number of H-pyrrole nitrogens is 1. The number of para-hydroxylation sites is 1. The molecular formula is C20H27N3O4S. The van der Waals surface area contributed by atoms with Gasteiger partial charge in [0, 0.05) is 35.2 Å². The lowest BCUT2D eigenvalue weighted by Crippen LogP contribution is -2.55. The molecule has 0 spiro atoms. The van der Waals surface area contributed by atoms with E-state index in [2.05, 4.69) is 28.2 Å². The number of thiol groups is 1. The number of carbonyl (C=O) groups excluding carboxylic acids is 2. The maximum atomic E-state index is 12.7. The maximum Gasteiger partial charge on any atom is 0.326 e. The van der Waals surface area contributed by atoms with Gasteiger partial charge in [-0.25, -0.2) is 4.79 Å². The average Bonchev–Trinajstić information content (AvgIpc) is 3.07. The smallest absolute Gasteiger partial charge is 0.326 e. The molecule has 4 N–H and O–H groups in total. The van der Waals surface area contributed by atoms with Gasteiger partial charge in [0.2, 0.25) is 11.8 Å². The van der Waals surface area contributed by atoms with Crippen molar-refractivity contribution in [2.45, 2.75) is 39.3 Å². The third kappa shape index (κ3) is 5.28. The Balaban J connectivity index is 2.14. The first-order valence-corrected chi connectivity index (χ1v) is 9.87. The summed E-state index contributed by atoms with van der Waals surface area (Å²) in [5.74, 6) is -2.11. The van der Waals surface area contributed by atoms with E-state index in [1.807, 2.05) is 24.3 Å². The predicted molar refractivity (Wildman–Crippen MR) is 111 cm³/mol. The number of hydrogen-bond acceptors (Lipinski definition) is 4. The first kappa shape index (κ1) is 21.8. The number of hydrogen-bond donors (Lipinski definition) is 5. The average molecular weight is 406 g/mol. The Kier molecular flexibility index (Phi) is 7.51. The van der Waals surface area contributed by atoms with Gasteiger partial charge in [0.05, 0.1) is 0 Å². The number of carboxylic acid groups (broad SMARTS) is 1. The lowest BCUT2D eigenvalue weighted by Gasteiger charge is -2.25. The zero-order valence-electron chi connectivity index (χ0n) is 16.2. The number of rotatable bonds is 9. The molecule has 2 aromatic rings. The Morgan fingerprint density at radius 3 is 2.39 bits per heavy atom. The van der Waals surface area contributed by atoms with Crippen LogP contribution in [-0.2, 0) is 20.8 Å². The van der Waals surface area contributed by atoms with Crippen molar-refractivity contribution in [2.75, 3.05) is 5.75 Å². The van der Waals surface area contributed by atoms with Crippen LogP contribution in [0.1, 0.15) is 26.3 Å². The molecule has 1 unspecified atom stereocenters. The highest BCUT2D eigenvalue weighted by molar-refractivity contribution is 7.80. The van der Waals surface area contributed by atoms with Crippen LogP contribution >= 0.6 is 12.6 Å². The summed E-state index contributed by atoms with van der Waals surface area (Å²) in [4.78, 5) is 39.7. The second-order valence-corrected chi connectivity index (χ2v) is 7.64. The van der Waals surface area contributed by atoms with Crippen molar-refractivity contribution in [3.8, 4) is 0 Å². The number of aliphatic carboxylic acids is 1. The summed E-state index contributed by atoms with van der Waals surface area (Å²) >= 11 is 4.10. The van der Waals surface area contributed by atoms with Gasteiger partial charge < -0.3 is 20.7 Å². The Hall–Kier alpha value is -2.48. The highest BCUT2D eigenvalue weighted by Crippen LogP contribution is 2.19. The molecule has 3 atom stereocenters. The minimum absolute atomic E-state index is 0.136. The summed E-state index contributed by atoms with van der Waals surface area (Å²) in [6.07, 6.45) is 1.89. The van der Waals surface area contributed by atoms with E-state index in [4.69, 9.17) is 0 Å². The lowest BCUT2D eigenvalue weighted by molar-refractivity contribution is -0.142. The molecule has 1 aromatic heterocycles. The number of carboxylic acids is 1. The highest BCUT2D eigenvalue weighted by atomic mass is 32.1. The Bertz CT molecular complexity index is 849. The number of nitrogens with one attached hydrogen (secondary N) is 3. The SMILES string of the molecule is CC(CS)C(=O)N[C@H](C(=O)N[C@@H](Cc1c[nH]c2ccccc12)C(=O)O)C(C)C. The number of benzene rings is 1. The fourth-order valence-corrected chi connectivity index (χ4v) is 3.06. The van der Waals surface area contributed by atoms with E-state index in [0.717, 1.165) is 16.5 Å². The molecule has 1 heterocycles. The van der Waals surface area contributed by atoms with E-state index in [-0.39, 0.29) is 24.2 Å². The third-order valence-corrected chi connectivity index (χ3v) is 5.23. The maximum absolute atomic E-state index is 12.7. The molecule has 0 aliphatic rings. The van der Waals surface area contributed by atoms with Gasteiger partial charge >= 0.3 is 5.97 Å². The number of carbonyl (C=O) groups is 3. The van der Waals surface area contributed by atoms with Crippen LogP contribution in [0.25, 0.3) is 10.9 Å². The molecule has 0 aliphatic heterocycles. The van der Waals surface area contributed by atoms with E-state index in [1.54, 1.807) is 27.0 Å². The molecule has 0 bridgehead atoms. The summed E-state index contributed by atoms with van der Waals surface area (Å²) in [6, 6.07) is 5.64. The van der Waals surface area contributed by atoms with Crippen molar-refractivity contribution in [1.29, 1.82) is 0 Å². The number of aromatic nitrogens is 1. The van der Waals surface area contributed by atoms with Crippen LogP contribution in [0.15, 0.2) is 30.5 Å². The minimum Gasteiger partial charge on any atom is -0.480 e. The van der Waals surface area contributed by atoms with E-state index < -0.39 is 24.0 Å². The molecular weight excluding hydrogens is 378 g/mol. The molecule has 0 fully saturated rings. The molecule has 28 heavy (non-hydrogen) atoms. The molecule has 7 nitrogen and oxygen atoms in total. The first-order chi connectivity index (χ1) is 13.2. The van der Waals surface area contributed by atoms with Gasteiger partial charge in [0.1, 0.15) is 12.1 Å². The fourth-order valence-electron chi connectivity index (χ4n) is 2.90. The van der Waals surface area contributed by atoms with Gasteiger partial charge in [-0.2, -0.15) is 12.6 Å². The van der Waals surface area contributed by atoms with Crippen LogP contribution in [0.2, 0.25) is 0 Å². The van der Waals surface area contributed by atoms with Crippen LogP contribution in [0.3, 0.4) is 0 Å². The van der Waals surface area contributed by atoms with E-state index in [0.29, 0.717) is 5.75 Å². The van der Waals surface area contributed by atoms with Gasteiger partial charge in [-0.05, 0) is 17.5 Å². The second kappa shape index (κ2) is 9.64. The number of amides is 2. The van der Waals surface area contributed by atoms with E-state index in [1.165, 1.54) is 0 Å². The molecule has 0 saturated carbocycles. The van der Waals surface area contributed by atoms with Gasteiger partial charge in [-0.1, -0.05) is 39.0 Å². The molecule has 152 valence electrons. The molecule has 1 aromatic carbocycles. The minimum atomic E-state index is -1.13. The van der Waals surface area contributed by atoms with E-state index >= 15 is 0 Å². The Labute approximate surface area is 169 Å². The molecule has 2 amide bonds. The summed E-state index contributed by atoms with van der Waals surface area (Å²) in [5.41, 5.74) is 1.71. The zero-order chi connectivity index (χ0) is 20.8. The standard InChI is InChI=1S/C20H27N3O4S/c1-11(2)17(23-18(24)12(3)10-28)19(25)22-16(20(26)27)8-13-9-21-15-7-5-4-6-14(13)15/h4-7,9,11-12,16-17,21,28H,8,10H2,1-3H3,(H,22,25)(H,23,24)(H,26,27)/t12?,16-,17-/m0/s1. The quantitative estimate of drug-likeness (QED) is 0.411. The normalized spacial score (nSPS) is 14.5. The van der Waals surface area contributed by atoms with Crippen molar-refractivity contribution in [1.82, 2.24) is 15.6 Å². The highest BCUT2D eigenvalue weighted by Gasteiger charge is 2.30. The second-order valence-electron chi connectivity index (χ2n) is 7.28. The first-order valence-electron chi connectivity index (χ1n) is 9.24. The Morgan fingerprint density at radius 1 is 1.11 bits per heavy atom. The van der Waals surface area contributed by atoms with Gasteiger partial charge in [0.25, 0.3) is 0 Å². The van der Waals surface area contributed by atoms with Gasteiger partial charge in [-0.15, -0.1) is 0 Å². The predicted octanol–water partition coefficient (Wildman–Crippen LogP) is 1.99. The van der Waals surface area contributed by atoms with Crippen molar-refractivity contribution >= 4 is 41.3 Å². The van der Waals surface area contributed by atoms with Crippen LogP contribution in [0.4, 0.5) is 0 Å². The molecule has 2 rings (SSSR count). The summed E-state index contributed by atoms with van der Waals surface area (Å²) in [6.45, 7) is 5.31. The third-order valence-electron chi connectivity index (χ3n) is 4.68. The fraction of sp³-hybridized carbons (Fsp3) is 0.450. The molecule has 0 saturated heterocycles. The molecule has 0 aliphatic carbocycles. The molecule has 8 heteroatoms. The van der Waals surface area contributed by atoms with E-state index in [9.17, 15) is 19.5 Å². The summed E-state index contributed by atoms with van der Waals surface area (Å²) in [5, 5.41) is 15.8. The topological polar surface area (TPSA) is 111 Å². The monoisotopic (exact) mass is 405 g/mol. The van der Waals surface area contributed by atoms with Crippen molar-refractivity contribution in [3.05, 3.63) is 36.0 Å². The van der Waals surface area contributed by atoms with Crippen molar-refractivity contribution < 1.29 is 19.5 Å². The van der Waals surface area contributed by atoms with Crippen LogP contribution < -0.4 is 10.6 Å². The van der Waals surface area contributed by atoms with Gasteiger partial charge in [0.15, 0.2) is 0 Å².